The number of alkyl halides is 3. The van der Waals surface area contributed by atoms with E-state index in [1.807, 2.05) is 5.32 Å². The summed E-state index contributed by atoms with van der Waals surface area (Å²) < 4.78 is 48.3. The average Bonchev–Trinajstić information content (AvgIpc) is 2.09. The molecule has 0 aliphatic heterocycles. The number of anilines is 1. The lowest BCUT2D eigenvalue weighted by atomic mass is 10.3. The maximum Gasteiger partial charge on any atom is 0.405 e. The van der Waals surface area contributed by atoms with Crippen molar-refractivity contribution in [1.29, 1.82) is 0 Å². The molecule has 0 aliphatic carbocycles. The van der Waals surface area contributed by atoms with Crippen LogP contribution >= 0.6 is 23.2 Å². The molecule has 0 fully saturated rings. The zero-order valence-corrected chi connectivity index (χ0v) is 8.64. The first-order valence-corrected chi connectivity index (χ1v) is 4.50. The fourth-order valence-electron chi connectivity index (χ4n) is 0.860. The molecule has 0 amide bonds. The lowest BCUT2D eigenvalue weighted by Gasteiger charge is -2.10. The van der Waals surface area contributed by atoms with Gasteiger partial charge in [-0.15, -0.1) is 0 Å². The van der Waals surface area contributed by atoms with Crippen LogP contribution in [-0.4, -0.2) is 12.7 Å². The maximum atomic E-state index is 12.9. The highest BCUT2D eigenvalue weighted by molar-refractivity contribution is 6.35. The van der Waals surface area contributed by atoms with Crippen LogP contribution in [0.15, 0.2) is 12.1 Å². The molecule has 1 N–H and O–H groups in total. The standard InChI is InChI=1S/C8H5Cl2F4N/c9-5-1-4(2-6(10)7(5)11)15-3-8(12,13)14/h1-2,15H,3H2. The summed E-state index contributed by atoms with van der Waals surface area (Å²) in [6.07, 6.45) is -4.35. The zero-order valence-electron chi connectivity index (χ0n) is 7.13. The summed E-state index contributed by atoms with van der Waals surface area (Å²) >= 11 is 10.8. The number of hydrogen-bond donors (Lipinski definition) is 1. The van der Waals surface area contributed by atoms with E-state index in [0.717, 1.165) is 12.1 Å². The van der Waals surface area contributed by atoms with Crippen LogP contribution in [0.25, 0.3) is 0 Å². The van der Waals surface area contributed by atoms with Crippen molar-refractivity contribution >= 4 is 28.9 Å². The molecule has 0 saturated heterocycles. The molecule has 0 atom stereocenters. The molecule has 7 heteroatoms. The van der Waals surface area contributed by atoms with E-state index in [1.54, 1.807) is 0 Å². The van der Waals surface area contributed by atoms with Crippen molar-refractivity contribution in [3.63, 3.8) is 0 Å². The predicted octanol–water partition coefficient (Wildman–Crippen LogP) is 4.11. The van der Waals surface area contributed by atoms with E-state index < -0.39 is 18.5 Å². The Kier molecular flexibility index (Phi) is 3.67. The minimum atomic E-state index is -4.35. The quantitative estimate of drug-likeness (QED) is 0.624. The lowest BCUT2D eigenvalue weighted by Crippen LogP contribution is -2.21. The molecule has 0 radical (unpaired) electrons. The summed E-state index contributed by atoms with van der Waals surface area (Å²) in [7, 11) is 0. The maximum absolute atomic E-state index is 12.9. The second kappa shape index (κ2) is 4.45. The molecule has 0 saturated carbocycles. The number of nitrogens with one attached hydrogen (secondary N) is 1. The molecular weight excluding hydrogens is 257 g/mol. The van der Waals surface area contributed by atoms with Crippen molar-refractivity contribution in [3.05, 3.63) is 28.0 Å². The van der Waals surface area contributed by atoms with Gasteiger partial charge in [0.2, 0.25) is 0 Å². The second-order valence-corrected chi connectivity index (χ2v) is 3.54. The first-order valence-electron chi connectivity index (χ1n) is 3.75. The van der Waals surface area contributed by atoms with E-state index in [4.69, 9.17) is 23.2 Å². The van der Waals surface area contributed by atoms with Gasteiger partial charge in [-0.3, -0.25) is 0 Å². The van der Waals surface area contributed by atoms with Gasteiger partial charge in [-0.2, -0.15) is 13.2 Å². The van der Waals surface area contributed by atoms with Crippen molar-refractivity contribution in [1.82, 2.24) is 0 Å². The third kappa shape index (κ3) is 3.76. The van der Waals surface area contributed by atoms with Crippen molar-refractivity contribution in [2.75, 3.05) is 11.9 Å². The molecule has 0 heterocycles. The van der Waals surface area contributed by atoms with Crippen molar-refractivity contribution in [3.8, 4) is 0 Å². The predicted molar refractivity (Wildman–Crippen MR) is 51.0 cm³/mol. The summed E-state index contributed by atoms with van der Waals surface area (Å²) in [6.45, 7) is -1.23. The Morgan fingerprint density at radius 2 is 1.60 bits per heavy atom. The summed E-state index contributed by atoms with van der Waals surface area (Å²) in [6, 6.07) is 2.07. The Balaban J connectivity index is 2.80. The Morgan fingerprint density at radius 3 is 2.00 bits per heavy atom. The van der Waals surface area contributed by atoms with Crippen LogP contribution in [0.2, 0.25) is 10.0 Å². The SMILES string of the molecule is Fc1c(Cl)cc(NCC(F)(F)F)cc1Cl. The van der Waals surface area contributed by atoms with Crippen LogP contribution in [0.3, 0.4) is 0 Å². The fourth-order valence-corrected chi connectivity index (χ4v) is 1.35. The van der Waals surface area contributed by atoms with Crippen molar-refractivity contribution in [2.24, 2.45) is 0 Å². The van der Waals surface area contributed by atoms with Crippen LogP contribution in [0.1, 0.15) is 0 Å². The van der Waals surface area contributed by atoms with Crippen molar-refractivity contribution < 1.29 is 17.6 Å². The Labute approximate surface area is 93.0 Å². The van der Waals surface area contributed by atoms with Gasteiger partial charge in [0.1, 0.15) is 6.54 Å². The van der Waals surface area contributed by atoms with Gasteiger partial charge in [0.05, 0.1) is 10.0 Å². The third-order valence-corrected chi connectivity index (χ3v) is 2.03. The molecule has 0 bridgehead atoms. The topological polar surface area (TPSA) is 12.0 Å². The molecular formula is C8H5Cl2F4N. The Hall–Kier alpha value is -0.680. The summed E-state index contributed by atoms with van der Waals surface area (Å²) in [4.78, 5) is 0. The first kappa shape index (κ1) is 12.4. The van der Waals surface area contributed by atoms with Gasteiger partial charge < -0.3 is 5.32 Å². The van der Waals surface area contributed by atoms with E-state index in [0.29, 0.717) is 0 Å². The van der Waals surface area contributed by atoms with Gasteiger partial charge in [-0.05, 0) is 12.1 Å². The third-order valence-electron chi connectivity index (χ3n) is 1.48. The minimum Gasteiger partial charge on any atom is -0.376 e. The van der Waals surface area contributed by atoms with E-state index in [2.05, 4.69) is 0 Å². The summed E-state index contributed by atoms with van der Waals surface area (Å²) in [5, 5.41) is 1.38. The molecule has 0 aromatic heterocycles. The monoisotopic (exact) mass is 261 g/mol. The Morgan fingerprint density at radius 1 is 1.13 bits per heavy atom. The molecule has 1 aromatic rings. The summed E-state index contributed by atoms with van der Waals surface area (Å²) in [5.74, 6) is -0.851. The van der Waals surface area contributed by atoms with Crippen LogP contribution in [-0.2, 0) is 0 Å². The lowest BCUT2D eigenvalue weighted by molar-refractivity contribution is -0.115. The fraction of sp³-hybridized carbons (Fsp3) is 0.250. The number of hydrogen-bond acceptors (Lipinski definition) is 1. The van der Waals surface area contributed by atoms with Gasteiger partial charge in [0.25, 0.3) is 0 Å². The number of benzene rings is 1. The highest BCUT2D eigenvalue weighted by Gasteiger charge is 2.26. The molecule has 0 spiro atoms. The van der Waals surface area contributed by atoms with Gasteiger partial charge >= 0.3 is 6.18 Å². The van der Waals surface area contributed by atoms with E-state index in [-0.39, 0.29) is 15.7 Å². The van der Waals surface area contributed by atoms with E-state index >= 15 is 0 Å². The molecule has 1 rings (SSSR count). The largest absolute Gasteiger partial charge is 0.405 e. The molecule has 0 aliphatic rings. The van der Waals surface area contributed by atoms with Crippen LogP contribution in [0.5, 0.6) is 0 Å². The first-order chi connectivity index (χ1) is 6.79. The molecule has 1 nitrogen and oxygen atoms in total. The van der Waals surface area contributed by atoms with Crippen LogP contribution < -0.4 is 5.32 Å². The number of halogens is 6. The number of rotatable bonds is 2. The van der Waals surface area contributed by atoms with Crippen molar-refractivity contribution in [2.45, 2.75) is 6.18 Å². The molecule has 1 aromatic carbocycles. The molecule has 0 unspecified atom stereocenters. The van der Waals surface area contributed by atoms with E-state index in [1.165, 1.54) is 0 Å². The normalized spacial score (nSPS) is 11.6. The second-order valence-electron chi connectivity index (χ2n) is 2.72. The van der Waals surface area contributed by atoms with Crippen LogP contribution in [0.4, 0.5) is 23.2 Å². The smallest absolute Gasteiger partial charge is 0.376 e. The molecule has 84 valence electrons. The highest BCUT2D eigenvalue weighted by atomic mass is 35.5. The average molecular weight is 262 g/mol. The van der Waals surface area contributed by atoms with E-state index in [9.17, 15) is 17.6 Å². The Bertz CT molecular complexity index is 341. The zero-order chi connectivity index (χ0) is 11.6. The van der Waals surface area contributed by atoms with Gasteiger partial charge in [-0.25, -0.2) is 4.39 Å². The highest BCUT2D eigenvalue weighted by Crippen LogP contribution is 2.28. The van der Waals surface area contributed by atoms with Gasteiger partial charge in [0.15, 0.2) is 5.82 Å². The minimum absolute atomic E-state index is 0.0173. The van der Waals surface area contributed by atoms with Gasteiger partial charge in [-0.1, -0.05) is 23.2 Å². The molecule has 15 heavy (non-hydrogen) atoms. The van der Waals surface area contributed by atoms with Gasteiger partial charge in [0, 0.05) is 5.69 Å². The van der Waals surface area contributed by atoms with Crippen LogP contribution in [0, 0.1) is 5.82 Å². The summed E-state index contributed by atoms with van der Waals surface area (Å²) in [5.41, 5.74) is 0.0173.